The van der Waals surface area contributed by atoms with E-state index >= 15 is 0 Å². The molecule has 120 valence electrons. The van der Waals surface area contributed by atoms with Gasteiger partial charge in [-0.25, -0.2) is 0 Å². The Balaban J connectivity index is 2.38. The van der Waals surface area contributed by atoms with Gasteiger partial charge < -0.3 is 10.2 Å². The van der Waals surface area contributed by atoms with E-state index in [9.17, 15) is 0 Å². The molecule has 0 saturated heterocycles. The standard InChI is InChI=1S/C19H34N2/c1-5-9-10-17(6-2)15-20-16-18-11-13-19(14-12-18)21(7-3)8-4/h11-14,17,20H,5-10,15-16H2,1-4H3. The summed E-state index contributed by atoms with van der Waals surface area (Å²) >= 11 is 0. The highest BCUT2D eigenvalue weighted by atomic mass is 15.1. The summed E-state index contributed by atoms with van der Waals surface area (Å²) in [6.45, 7) is 13.3. The highest BCUT2D eigenvalue weighted by Gasteiger charge is 2.05. The van der Waals surface area contributed by atoms with E-state index in [2.05, 4.69) is 62.2 Å². The third-order valence-corrected chi connectivity index (χ3v) is 4.37. The molecule has 0 amide bonds. The first-order valence-corrected chi connectivity index (χ1v) is 8.79. The average Bonchev–Trinajstić information content (AvgIpc) is 2.53. The van der Waals surface area contributed by atoms with Gasteiger partial charge in [0.25, 0.3) is 0 Å². The van der Waals surface area contributed by atoms with Gasteiger partial charge in [-0.15, -0.1) is 0 Å². The minimum atomic E-state index is 0.833. The summed E-state index contributed by atoms with van der Waals surface area (Å²) in [4.78, 5) is 2.38. The first-order valence-electron chi connectivity index (χ1n) is 8.79. The number of nitrogens with one attached hydrogen (secondary N) is 1. The lowest BCUT2D eigenvalue weighted by atomic mass is 9.99. The monoisotopic (exact) mass is 290 g/mol. The van der Waals surface area contributed by atoms with E-state index in [-0.39, 0.29) is 0 Å². The van der Waals surface area contributed by atoms with Crippen molar-refractivity contribution in [1.82, 2.24) is 5.32 Å². The topological polar surface area (TPSA) is 15.3 Å². The van der Waals surface area contributed by atoms with Crippen molar-refractivity contribution in [2.24, 2.45) is 5.92 Å². The maximum atomic E-state index is 3.62. The molecule has 0 spiro atoms. The van der Waals surface area contributed by atoms with E-state index in [1.54, 1.807) is 0 Å². The molecule has 0 heterocycles. The van der Waals surface area contributed by atoms with Crippen molar-refractivity contribution in [2.75, 3.05) is 24.5 Å². The highest BCUT2D eigenvalue weighted by Crippen LogP contribution is 2.15. The third-order valence-electron chi connectivity index (χ3n) is 4.37. The van der Waals surface area contributed by atoms with Crippen LogP contribution in [0.15, 0.2) is 24.3 Å². The predicted octanol–water partition coefficient (Wildman–Crippen LogP) is 4.84. The first-order chi connectivity index (χ1) is 10.2. The Hall–Kier alpha value is -1.02. The van der Waals surface area contributed by atoms with Crippen LogP contribution in [0.3, 0.4) is 0 Å². The summed E-state index contributed by atoms with van der Waals surface area (Å²) in [5.74, 6) is 0.833. The minimum Gasteiger partial charge on any atom is -0.372 e. The van der Waals surface area contributed by atoms with Crippen LogP contribution in [0.1, 0.15) is 58.9 Å². The molecule has 2 heteroatoms. The van der Waals surface area contributed by atoms with Crippen LogP contribution in [-0.4, -0.2) is 19.6 Å². The van der Waals surface area contributed by atoms with Gasteiger partial charge in [0.1, 0.15) is 0 Å². The van der Waals surface area contributed by atoms with Crippen LogP contribution in [0.5, 0.6) is 0 Å². The lowest BCUT2D eigenvalue weighted by Crippen LogP contribution is -2.23. The van der Waals surface area contributed by atoms with Gasteiger partial charge in [0.2, 0.25) is 0 Å². The number of rotatable bonds is 11. The average molecular weight is 290 g/mol. The molecular weight excluding hydrogens is 256 g/mol. The Kier molecular flexibility index (Phi) is 9.16. The summed E-state index contributed by atoms with van der Waals surface area (Å²) < 4.78 is 0. The fourth-order valence-electron chi connectivity index (χ4n) is 2.78. The first kappa shape index (κ1) is 18.0. The SMILES string of the molecule is CCCCC(CC)CNCc1ccc(N(CC)CC)cc1. The second-order valence-corrected chi connectivity index (χ2v) is 5.89. The van der Waals surface area contributed by atoms with Crippen molar-refractivity contribution in [3.63, 3.8) is 0 Å². The molecule has 21 heavy (non-hydrogen) atoms. The Bertz CT molecular complexity index is 354. The zero-order valence-electron chi connectivity index (χ0n) is 14.5. The molecular formula is C19H34N2. The predicted molar refractivity (Wildman–Crippen MR) is 95.0 cm³/mol. The Labute approximate surface area is 131 Å². The van der Waals surface area contributed by atoms with Gasteiger partial charge in [-0.3, -0.25) is 0 Å². The van der Waals surface area contributed by atoms with Crippen molar-refractivity contribution in [2.45, 2.75) is 59.9 Å². The molecule has 1 rings (SSSR count). The summed E-state index contributed by atoms with van der Waals surface area (Å²) in [5.41, 5.74) is 2.72. The van der Waals surface area contributed by atoms with Crippen LogP contribution >= 0.6 is 0 Å². The molecule has 0 aliphatic heterocycles. The molecule has 1 unspecified atom stereocenters. The van der Waals surface area contributed by atoms with Crippen molar-refractivity contribution in [3.05, 3.63) is 29.8 Å². The third kappa shape index (κ3) is 6.52. The lowest BCUT2D eigenvalue weighted by molar-refractivity contribution is 0.419. The van der Waals surface area contributed by atoms with Crippen LogP contribution in [0, 0.1) is 5.92 Å². The van der Waals surface area contributed by atoms with E-state index in [4.69, 9.17) is 0 Å². The molecule has 0 bridgehead atoms. The number of hydrogen-bond donors (Lipinski definition) is 1. The second-order valence-electron chi connectivity index (χ2n) is 5.89. The second kappa shape index (κ2) is 10.7. The van der Waals surface area contributed by atoms with Gasteiger partial charge in [-0.05, 0) is 50.4 Å². The van der Waals surface area contributed by atoms with E-state index < -0.39 is 0 Å². The molecule has 1 atom stereocenters. The fourth-order valence-corrected chi connectivity index (χ4v) is 2.78. The van der Waals surface area contributed by atoms with Gasteiger partial charge in [0, 0.05) is 25.3 Å². The van der Waals surface area contributed by atoms with Gasteiger partial charge in [0.15, 0.2) is 0 Å². The van der Waals surface area contributed by atoms with Crippen LogP contribution < -0.4 is 10.2 Å². The number of anilines is 1. The summed E-state index contributed by atoms with van der Waals surface area (Å²) in [7, 11) is 0. The molecule has 0 saturated carbocycles. The van der Waals surface area contributed by atoms with E-state index in [0.717, 1.165) is 32.1 Å². The van der Waals surface area contributed by atoms with Crippen LogP contribution in [0.2, 0.25) is 0 Å². The van der Waals surface area contributed by atoms with Crippen LogP contribution in [0.4, 0.5) is 5.69 Å². The van der Waals surface area contributed by atoms with Crippen molar-refractivity contribution >= 4 is 5.69 Å². The summed E-state index contributed by atoms with van der Waals surface area (Å²) in [6.07, 6.45) is 5.32. The van der Waals surface area contributed by atoms with Gasteiger partial charge in [0.05, 0.1) is 0 Å². The zero-order valence-corrected chi connectivity index (χ0v) is 14.5. The van der Waals surface area contributed by atoms with Crippen molar-refractivity contribution in [1.29, 1.82) is 0 Å². The van der Waals surface area contributed by atoms with Crippen molar-refractivity contribution < 1.29 is 0 Å². The summed E-state index contributed by atoms with van der Waals surface area (Å²) in [6, 6.07) is 9.01. The zero-order chi connectivity index (χ0) is 15.5. The van der Waals surface area contributed by atoms with E-state index in [0.29, 0.717) is 0 Å². The maximum absolute atomic E-state index is 3.62. The number of nitrogens with zero attached hydrogens (tertiary/aromatic N) is 1. The molecule has 1 N–H and O–H groups in total. The fraction of sp³-hybridized carbons (Fsp3) is 0.684. The highest BCUT2D eigenvalue weighted by molar-refractivity contribution is 5.47. The van der Waals surface area contributed by atoms with Crippen LogP contribution in [-0.2, 0) is 6.54 Å². The number of unbranched alkanes of at least 4 members (excludes halogenated alkanes) is 1. The van der Waals surface area contributed by atoms with Gasteiger partial charge >= 0.3 is 0 Å². The van der Waals surface area contributed by atoms with Crippen LogP contribution in [0.25, 0.3) is 0 Å². The molecule has 0 aromatic heterocycles. The molecule has 1 aromatic carbocycles. The normalized spacial score (nSPS) is 12.4. The maximum Gasteiger partial charge on any atom is 0.0366 e. The smallest absolute Gasteiger partial charge is 0.0366 e. The largest absolute Gasteiger partial charge is 0.372 e. The quantitative estimate of drug-likeness (QED) is 0.627. The molecule has 0 radical (unpaired) electrons. The van der Waals surface area contributed by atoms with E-state index in [1.807, 2.05) is 0 Å². The Morgan fingerprint density at radius 3 is 2.19 bits per heavy atom. The summed E-state index contributed by atoms with van der Waals surface area (Å²) in [5, 5.41) is 3.62. The molecule has 2 nitrogen and oxygen atoms in total. The van der Waals surface area contributed by atoms with E-state index in [1.165, 1.54) is 36.9 Å². The van der Waals surface area contributed by atoms with Gasteiger partial charge in [-0.2, -0.15) is 0 Å². The van der Waals surface area contributed by atoms with Crippen molar-refractivity contribution in [3.8, 4) is 0 Å². The minimum absolute atomic E-state index is 0.833. The Morgan fingerprint density at radius 1 is 1.00 bits per heavy atom. The molecule has 0 fully saturated rings. The lowest BCUT2D eigenvalue weighted by Gasteiger charge is -2.21. The molecule has 0 aliphatic rings. The number of benzene rings is 1. The molecule has 0 aliphatic carbocycles. The molecule has 1 aromatic rings. The number of hydrogen-bond acceptors (Lipinski definition) is 2. The Morgan fingerprint density at radius 2 is 1.67 bits per heavy atom. The van der Waals surface area contributed by atoms with Gasteiger partial charge in [-0.1, -0.05) is 45.2 Å².